The molecule has 0 aliphatic heterocycles. The number of nitrogens with two attached hydrogens (primary N) is 2. The highest BCUT2D eigenvalue weighted by molar-refractivity contribution is 6.30. The third-order valence-corrected chi connectivity index (χ3v) is 2.38. The van der Waals surface area contributed by atoms with Crippen LogP contribution in [0.1, 0.15) is 24.9 Å². The molecule has 0 aromatic heterocycles. The Kier molecular flexibility index (Phi) is 4.58. The zero-order valence-corrected chi connectivity index (χ0v) is 9.83. The molecule has 0 spiro atoms. The number of hydrogen-bond acceptors (Lipinski definition) is 4. The van der Waals surface area contributed by atoms with Crippen LogP contribution in [0.4, 0.5) is 5.69 Å². The zero-order chi connectivity index (χ0) is 12.1. The second-order valence-electron chi connectivity index (χ2n) is 3.39. The maximum atomic E-state index is 11.2. The third-order valence-electron chi connectivity index (χ3n) is 2.14. The normalized spacial score (nSPS) is 12.2. The highest BCUT2D eigenvalue weighted by Crippen LogP contribution is 2.24. The fraction of sp³-hybridized carbons (Fsp3) is 0.364. The summed E-state index contributed by atoms with van der Waals surface area (Å²) in [5.41, 5.74) is 12.8. The summed E-state index contributed by atoms with van der Waals surface area (Å²) in [7, 11) is 0. The summed E-state index contributed by atoms with van der Waals surface area (Å²) < 4.78 is 4.81. The van der Waals surface area contributed by atoms with Crippen molar-refractivity contribution in [2.75, 3.05) is 12.3 Å². The van der Waals surface area contributed by atoms with E-state index in [1.165, 1.54) is 0 Å². The summed E-state index contributed by atoms with van der Waals surface area (Å²) >= 11 is 5.83. The maximum Gasteiger partial charge on any atom is 0.307 e. The van der Waals surface area contributed by atoms with Crippen molar-refractivity contribution in [3.05, 3.63) is 28.8 Å². The molecule has 0 aliphatic carbocycles. The van der Waals surface area contributed by atoms with Gasteiger partial charge in [0.25, 0.3) is 0 Å². The van der Waals surface area contributed by atoms with Crippen LogP contribution in [-0.4, -0.2) is 12.6 Å². The average molecular weight is 243 g/mol. The van der Waals surface area contributed by atoms with Crippen molar-refractivity contribution in [1.29, 1.82) is 0 Å². The van der Waals surface area contributed by atoms with Crippen LogP contribution in [0.25, 0.3) is 0 Å². The van der Waals surface area contributed by atoms with Gasteiger partial charge in [-0.15, -0.1) is 0 Å². The summed E-state index contributed by atoms with van der Waals surface area (Å²) in [6.45, 7) is 2.09. The fourth-order valence-electron chi connectivity index (χ4n) is 1.38. The van der Waals surface area contributed by atoms with E-state index < -0.39 is 6.04 Å². The molecular formula is C11H15ClN2O2. The number of carbonyl (C=O) groups excluding carboxylic acids is 1. The summed E-state index contributed by atoms with van der Waals surface area (Å²) in [6, 6.07) is 4.53. The Hall–Kier alpha value is -1.26. The lowest BCUT2D eigenvalue weighted by atomic mass is 10.0. The molecule has 4 nitrogen and oxygen atoms in total. The fourth-order valence-corrected chi connectivity index (χ4v) is 1.56. The van der Waals surface area contributed by atoms with E-state index >= 15 is 0 Å². The van der Waals surface area contributed by atoms with E-state index in [1.54, 1.807) is 25.1 Å². The highest BCUT2D eigenvalue weighted by Gasteiger charge is 2.15. The second-order valence-corrected chi connectivity index (χ2v) is 3.83. The molecule has 88 valence electrons. The molecule has 0 radical (unpaired) electrons. The van der Waals surface area contributed by atoms with E-state index in [0.717, 1.165) is 0 Å². The van der Waals surface area contributed by atoms with Crippen LogP contribution in [0, 0.1) is 0 Å². The van der Waals surface area contributed by atoms with E-state index in [0.29, 0.717) is 22.9 Å². The number of ether oxygens (including phenoxy) is 1. The van der Waals surface area contributed by atoms with Crippen molar-refractivity contribution in [1.82, 2.24) is 0 Å². The number of esters is 1. The topological polar surface area (TPSA) is 78.3 Å². The first-order valence-electron chi connectivity index (χ1n) is 5.00. The number of anilines is 1. The Morgan fingerprint density at radius 3 is 2.88 bits per heavy atom. The van der Waals surface area contributed by atoms with Gasteiger partial charge in [0.15, 0.2) is 0 Å². The van der Waals surface area contributed by atoms with E-state index in [9.17, 15) is 4.79 Å². The van der Waals surface area contributed by atoms with Gasteiger partial charge >= 0.3 is 5.97 Å². The zero-order valence-electron chi connectivity index (χ0n) is 9.07. The van der Waals surface area contributed by atoms with Gasteiger partial charge in [0.1, 0.15) is 0 Å². The quantitative estimate of drug-likeness (QED) is 0.624. The van der Waals surface area contributed by atoms with Gasteiger partial charge in [0.2, 0.25) is 0 Å². The van der Waals surface area contributed by atoms with Gasteiger partial charge in [-0.2, -0.15) is 0 Å². The minimum Gasteiger partial charge on any atom is -0.466 e. The highest BCUT2D eigenvalue weighted by atomic mass is 35.5. The predicted molar refractivity (Wildman–Crippen MR) is 64.0 cm³/mol. The van der Waals surface area contributed by atoms with Crippen molar-refractivity contribution in [3.8, 4) is 0 Å². The minimum absolute atomic E-state index is 0.0956. The van der Waals surface area contributed by atoms with Gasteiger partial charge in [0, 0.05) is 16.8 Å². The molecule has 0 saturated heterocycles. The molecule has 0 fully saturated rings. The van der Waals surface area contributed by atoms with Crippen LogP contribution in [0.2, 0.25) is 5.02 Å². The molecule has 1 aromatic rings. The molecule has 4 N–H and O–H groups in total. The molecule has 1 atom stereocenters. The number of carbonyl (C=O) groups is 1. The molecule has 1 aromatic carbocycles. The first-order chi connectivity index (χ1) is 7.54. The van der Waals surface area contributed by atoms with Crippen molar-refractivity contribution < 1.29 is 9.53 Å². The Labute approximate surface area is 99.5 Å². The number of nitrogen functional groups attached to an aromatic ring is 1. The van der Waals surface area contributed by atoms with Gasteiger partial charge in [0.05, 0.1) is 13.0 Å². The molecule has 16 heavy (non-hydrogen) atoms. The standard InChI is InChI=1S/C11H15ClN2O2/c1-2-16-11(15)6-10(14)8-5-7(12)3-4-9(8)13/h3-5,10H,2,6,13-14H2,1H3/t10-/m1/s1. The van der Waals surface area contributed by atoms with Gasteiger partial charge in [-0.25, -0.2) is 0 Å². The Morgan fingerprint density at radius 2 is 2.25 bits per heavy atom. The first-order valence-corrected chi connectivity index (χ1v) is 5.38. The lowest BCUT2D eigenvalue weighted by molar-refractivity contribution is -0.143. The lowest BCUT2D eigenvalue weighted by Gasteiger charge is -2.13. The Balaban J connectivity index is 2.76. The Bertz CT molecular complexity index is 382. The van der Waals surface area contributed by atoms with Crippen molar-refractivity contribution in [2.24, 2.45) is 5.73 Å². The molecule has 1 rings (SSSR count). The van der Waals surface area contributed by atoms with E-state index in [2.05, 4.69) is 0 Å². The third kappa shape index (κ3) is 3.40. The van der Waals surface area contributed by atoms with Gasteiger partial charge in [-0.3, -0.25) is 4.79 Å². The SMILES string of the molecule is CCOC(=O)C[C@@H](N)c1cc(Cl)ccc1N. The number of hydrogen-bond donors (Lipinski definition) is 2. The molecule has 0 saturated carbocycles. The number of halogens is 1. The number of benzene rings is 1. The molecule has 5 heteroatoms. The molecule has 0 heterocycles. The predicted octanol–water partition coefficient (Wildman–Crippen LogP) is 1.88. The summed E-state index contributed by atoms with van der Waals surface area (Å²) in [5, 5.41) is 0.545. The first kappa shape index (κ1) is 12.8. The van der Waals surface area contributed by atoms with Crippen molar-refractivity contribution in [3.63, 3.8) is 0 Å². The van der Waals surface area contributed by atoms with Crippen LogP contribution < -0.4 is 11.5 Å². The maximum absolute atomic E-state index is 11.2. The molecule has 0 aliphatic rings. The van der Waals surface area contributed by atoms with Gasteiger partial charge in [-0.05, 0) is 30.7 Å². The van der Waals surface area contributed by atoms with E-state index in [-0.39, 0.29) is 12.4 Å². The van der Waals surface area contributed by atoms with E-state index in [4.69, 9.17) is 27.8 Å². The summed E-state index contributed by atoms with van der Waals surface area (Å²) in [6.07, 6.45) is 0.0956. The summed E-state index contributed by atoms with van der Waals surface area (Å²) in [5.74, 6) is -0.339. The van der Waals surface area contributed by atoms with Crippen LogP contribution in [0.5, 0.6) is 0 Å². The molecule has 0 amide bonds. The van der Waals surface area contributed by atoms with Crippen molar-refractivity contribution in [2.45, 2.75) is 19.4 Å². The van der Waals surface area contributed by atoms with Crippen molar-refractivity contribution >= 4 is 23.3 Å². The smallest absolute Gasteiger partial charge is 0.307 e. The summed E-state index contributed by atoms with van der Waals surface area (Å²) in [4.78, 5) is 11.2. The van der Waals surface area contributed by atoms with Gasteiger partial charge in [-0.1, -0.05) is 11.6 Å². The Morgan fingerprint density at radius 1 is 1.56 bits per heavy atom. The average Bonchev–Trinajstić information content (AvgIpc) is 2.21. The molecular weight excluding hydrogens is 228 g/mol. The monoisotopic (exact) mass is 242 g/mol. The van der Waals surface area contributed by atoms with Gasteiger partial charge < -0.3 is 16.2 Å². The van der Waals surface area contributed by atoms with Crippen LogP contribution in [0.15, 0.2) is 18.2 Å². The van der Waals surface area contributed by atoms with Crippen LogP contribution >= 0.6 is 11.6 Å². The van der Waals surface area contributed by atoms with Crippen LogP contribution in [-0.2, 0) is 9.53 Å². The largest absolute Gasteiger partial charge is 0.466 e. The second kappa shape index (κ2) is 5.72. The van der Waals surface area contributed by atoms with Crippen LogP contribution in [0.3, 0.4) is 0 Å². The number of rotatable bonds is 4. The lowest BCUT2D eigenvalue weighted by Crippen LogP contribution is -2.18. The molecule has 0 bridgehead atoms. The minimum atomic E-state index is -0.488. The molecule has 0 unspecified atom stereocenters. The van der Waals surface area contributed by atoms with E-state index in [1.807, 2.05) is 0 Å².